The van der Waals surface area contributed by atoms with Crippen LogP contribution in [0.25, 0.3) is 22.7 Å². The van der Waals surface area contributed by atoms with Crippen molar-refractivity contribution in [1.29, 1.82) is 0 Å². The molecule has 7 heteroatoms. The molecular weight excluding hydrogens is 445 g/mol. The maximum absolute atomic E-state index is 13.5. The van der Waals surface area contributed by atoms with Crippen LogP contribution in [0.4, 0.5) is 4.39 Å². The number of ether oxygens (including phenoxy) is 1. The van der Waals surface area contributed by atoms with E-state index in [4.69, 9.17) is 9.15 Å². The Labute approximate surface area is 203 Å². The number of nitrogens with one attached hydrogen (secondary N) is 1. The minimum absolute atomic E-state index is 0.220. The number of carbonyl (C=O) groups is 1. The van der Waals surface area contributed by atoms with Gasteiger partial charge in [-0.2, -0.15) is 0 Å². The molecule has 0 unspecified atom stereocenters. The van der Waals surface area contributed by atoms with Crippen molar-refractivity contribution in [3.63, 3.8) is 0 Å². The topological polar surface area (TPSA) is 69.3 Å². The van der Waals surface area contributed by atoms with Crippen LogP contribution in [-0.4, -0.2) is 22.1 Å². The standard InChI is InChI=1S/C28H28FN3O3/c1-2-34-23-10-6-3-7-20(23)17-30-28(33)25-16-15-24(35-25)27-26(19-11-13-21(29)14-12-19)31-18-32(27)22-8-4-5-9-22/h3,6-7,10-16,18,22H,2,4-5,8-9,17H2,1H3,(H,30,33). The monoisotopic (exact) mass is 473 g/mol. The van der Waals surface area contributed by atoms with Crippen LogP contribution < -0.4 is 10.1 Å². The molecule has 35 heavy (non-hydrogen) atoms. The van der Waals surface area contributed by atoms with Gasteiger partial charge in [-0.15, -0.1) is 0 Å². The maximum Gasteiger partial charge on any atom is 0.287 e. The second-order valence-electron chi connectivity index (χ2n) is 8.68. The highest BCUT2D eigenvalue weighted by molar-refractivity contribution is 5.92. The van der Waals surface area contributed by atoms with E-state index in [2.05, 4.69) is 14.9 Å². The smallest absolute Gasteiger partial charge is 0.287 e. The Bertz CT molecular complexity index is 1300. The summed E-state index contributed by atoms with van der Waals surface area (Å²) in [7, 11) is 0. The molecule has 6 nitrogen and oxygen atoms in total. The van der Waals surface area contributed by atoms with Gasteiger partial charge < -0.3 is 19.0 Å². The molecule has 1 aliphatic rings. The third-order valence-electron chi connectivity index (χ3n) is 6.40. The van der Waals surface area contributed by atoms with E-state index in [1.165, 1.54) is 25.0 Å². The number of rotatable bonds is 8. The zero-order valence-electron chi connectivity index (χ0n) is 19.7. The highest BCUT2D eigenvalue weighted by atomic mass is 19.1. The number of imidazole rings is 1. The number of hydrogen-bond acceptors (Lipinski definition) is 4. The Morgan fingerprint density at radius 1 is 1.11 bits per heavy atom. The first-order valence-corrected chi connectivity index (χ1v) is 12.1. The number of furan rings is 1. The maximum atomic E-state index is 13.5. The molecular formula is C28H28FN3O3. The van der Waals surface area contributed by atoms with E-state index in [-0.39, 0.29) is 17.5 Å². The lowest BCUT2D eigenvalue weighted by Gasteiger charge is -2.15. The Balaban J connectivity index is 1.42. The predicted octanol–water partition coefficient (Wildman–Crippen LogP) is 6.39. The molecule has 2 aromatic carbocycles. The van der Waals surface area contributed by atoms with E-state index < -0.39 is 0 Å². The molecule has 2 heterocycles. The van der Waals surface area contributed by atoms with Crippen molar-refractivity contribution < 1.29 is 18.3 Å². The van der Waals surface area contributed by atoms with Gasteiger partial charge >= 0.3 is 0 Å². The Morgan fingerprint density at radius 2 is 1.89 bits per heavy atom. The van der Waals surface area contributed by atoms with E-state index in [9.17, 15) is 9.18 Å². The predicted molar refractivity (Wildman–Crippen MR) is 132 cm³/mol. The quantitative estimate of drug-likeness (QED) is 0.322. The number of hydrogen-bond donors (Lipinski definition) is 1. The summed E-state index contributed by atoms with van der Waals surface area (Å²) < 4.78 is 27.4. The van der Waals surface area contributed by atoms with Crippen LogP contribution in [0, 0.1) is 5.82 Å². The van der Waals surface area contributed by atoms with E-state index in [0.29, 0.717) is 30.6 Å². The van der Waals surface area contributed by atoms with Gasteiger partial charge in [0.2, 0.25) is 0 Å². The molecule has 1 fully saturated rings. The number of nitrogens with zero attached hydrogens (tertiary/aromatic N) is 2. The van der Waals surface area contributed by atoms with Crippen LogP contribution in [0.1, 0.15) is 54.8 Å². The van der Waals surface area contributed by atoms with Gasteiger partial charge in [0.05, 0.1) is 18.6 Å². The van der Waals surface area contributed by atoms with Crippen molar-refractivity contribution in [3.8, 4) is 28.5 Å². The first kappa shape index (κ1) is 22.9. The SMILES string of the molecule is CCOc1ccccc1CNC(=O)c1ccc(-c2c(-c3ccc(F)cc3)ncn2C2CCCC2)o1. The van der Waals surface area contributed by atoms with Crippen LogP contribution in [0.3, 0.4) is 0 Å². The lowest BCUT2D eigenvalue weighted by molar-refractivity contribution is 0.0923. The van der Waals surface area contributed by atoms with Gasteiger partial charge in [-0.05, 0) is 62.2 Å². The summed E-state index contributed by atoms with van der Waals surface area (Å²) in [5, 5.41) is 2.92. The molecule has 0 aliphatic heterocycles. The van der Waals surface area contributed by atoms with Crippen molar-refractivity contribution in [2.45, 2.75) is 45.2 Å². The third-order valence-corrected chi connectivity index (χ3v) is 6.40. The minimum atomic E-state index is -0.308. The largest absolute Gasteiger partial charge is 0.494 e. The Kier molecular flexibility index (Phi) is 6.66. The molecule has 1 aliphatic carbocycles. The number of aromatic nitrogens is 2. The molecule has 5 rings (SSSR count). The minimum Gasteiger partial charge on any atom is -0.494 e. The zero-order valence-corrected chi connectivity index (χ0v) is 19.7. The second kappa shape index (κ2) is 10.2. The summed E-state index contributed by atoms with van der Waals surface area (Å²) in [6, 6.07) is 17.7. The Hall–Kier alpha value is -3.87. The average Bonchev–Trinajstić information content (AvgIpc) is 3.64. The molecule has 0 radical (unpaired) electrons. The second-order valence-corrected chi connectivity index (χ2v) is 8.68. The first-order valence-electron chi connectivity index (χ1n) is 12.1. The van der Waals surface area contributed by atoms with Gasteiger partial charge in [0.25, 0.3) is 5.91 Å². The highest BCUT2D eigenvalue weighted by Crippen LogP contribution is 2.39. The molecule has 0 saturated heterocycles. The fourth-order valence-electron chi connectivity index (χ4n) is 4.68. The van der Waals surface area contributed by atoms with E-state index in [1.54, 1.807) is 24.3 Å². The lowest BCUT2D eigenvalue weighted by atomic mass is 10.1. The fraction of sp³-hybridized carbons (Fsp3) is 0.286. The number of halogens is 1. The first-order chi connectivity index (χ1) is 17.1. The van der Waals surface area contributed by atoms with E-state index in [0.717, 1.165) is 35.4 Å². The number of amides is 1. The van der Waals surface area contributed by atoms with Crippen LogP contribution in [-0.2, 0) is 6.54 Å². The molecule has 180 valence electrons. The van der Waals surface area contributed by atoms with Crippen molar-refractivity contribution >= 4 is 5.91 Å². The molecule has 0 atom stereocenters. The van der Waals surface area contributed by atoms with Crippen molar-refractivity contribution in [1.82, 2.24) is 14.9 Å². The van der Waals surface area contributed by atoms with Gasteiger partial charge in [0.15, 0.2) is 11.5 Å². The number of carbonyl (C=O) groups excluding carboxylic acids is 1. The summed E-state index contributed by atoms with van der Waals surface area (Å²) in [6.07, 6.45) is 6.31. The summed E-state index contributed by atoms with van der Waals surface area (Å²) in [5.74, 6) is 0.928. The third kappa shape index (κ3) is 4.85. The molecule has 0 bridgehead atoms. The van der Waals surface area contributed by atoms with Gasteiger partial charge in [-0.1, -0.05) is 31.0 Å². The normalized spacial score (nSPS) is 13.8. The molecule has 0 spiro atoms. The van der Waals surface area contributed by atoms with Crippen LogP contribution in [0.2, 0.25) is 0 Å². The summed E-state index contributed by atoms with van der Waals surface area (Å²) in [5.41, 5.74) is 3.22. The molecule has 1 saturated carbocycles. The van der Waals surface area contributed by atoms with Crippen molar-refractivity contribution in [2.75, 3.05) is 6.61 Å². The fourth-order valence-corrected chi connectivity index (χ4v) is 4.68. The zero-order chi connectivity index (χ0) is 24.2. The molecule has 2 aromatic heterocycles. The average molecular weight is 474 g/mol. The molecule has 1 amide bonds. The van der Waals surface area contributed by atoms with Crippen LogP contribution >= 0.6 is 0 Å². The molecule has 4 aromatic rings. The highest BCUT2D eigenvalue weighted by Gasteiger charge is 2.26. The number of para-hydroxylation sites is 1. The van der Waals surface area contributed by atoms with Crippen molar-refractivity contribution in [3.05, 3.63) is 84.1 Å². The van der Waals surface area contributed by atoms with Crippen molar-refractivity contribution in [2.24, 2.45) is 0 Å². The van der Waals surface area contributed by atoms with Gasteiger partial charge in [-0.3, -0.25) is 4.79 Å². The van der Waals surface area contributed by atoms with Gasteiger partial charge in [0, 0.05) is 23.7 Å². The van der Waals surface area contributed by atoms with Crippen LogP contribution in [0.15, 0.2) is 71.4 Å². The summed E-state index contributed by atoms with van der Waals surface area (Å²) in [4.78, 5) is 17.6. The van der Waals surface area contributed by atoms with E-state index >= 15 is 0 Å². The van der Waals surface area contributed by atoms with Gasteiger partial charge in [0.1, 0.15) is 17.3 Å². The van der Waals surface area contributed by atoms with Gasteiger partial charge in [-0.25, -0.2) is 9.37 Å². The Morgan fingerprint density at radius 3 is 2.66 bits per heavy atom. The lowest BCUT2D eigenvalue weighted by Crippen LogP contribution is -2.22. The molecule has 1 N–H and O–H groups in total. The summed E-state index contributed by atoms with van der Waals surface area (Å²) in [6.45, 7) is 2.81. The van der Waals surface area contributed by atoms with E-state index in [1.807, 2.05) is 37.5 Å². The summed E-state index contributed by atoms with van der Waals surface area (Å²) >= 11 is 0. The van der Waals surface area contributed by atoms with Crippen LogP contribution in [0.5, 0.6) is 5.75 Å². The number of benzene rings is 2.